The van der Waals surface area contributed by atoms with Crippen LogP contribution >= 0.6 is 0 Å². The Morgan fingerprint density at radius 2 is 1.92 bits per heavy atom. The van der Waals surface area contributed by atoms with Gasteiger partial charge in [0.05, 0.1) is 4.92 Å². The molecule has 0 aromatic heterocycles. The smallest absolute Gasteiger partial charge is 0.310 e. The number of nitro groups is 1. The van der Waals surface area contributed by atoms with E-state index in [1.165, 1.54) is 18.2 Å². The van der Waals surface area contributed by atoms with Crippen molar-refractivity contribution in [1.82, 2.24) is 4.90 Å². The summed E-state index contributed by atoms with van der Waals surface area (Å²) < 4.78 is 23.6. The molecular weight excluding hydrogens is 346 g/mol. The minimum Gasteiger partial charge on any atom is -0.377 e. The van der Waals surface area contributed by atoms with Gasteiger partial charge in [-0.05, 0) is 25.0 Å². The van der Waals surface area contributed by atoms with Crippen LogP contribution in [0.25, 0.3) is 0 Å². The molecule has 8 nitrogen and oxygen atoms in total. The van der Waals surface area contributed by atoms with E-state index < -0.39 is 20.4 Å². The number of carbonyl (C=O) groups excluding carboxylic acids is 1. The summed E-state index contributed by atoms with van der Waals surface area (Å²) in [4.78, 5) is 24.2. The van der Waals surface area contributed by atoms with E-state index in [2.05, 4.69) is 5.32 Å². The summed E-state index contributed by atoms with van der Waals surface area (Å²) in [5, 5.41) is 14.5. The van der Waals surface area contributed by atoms with Crippen molar-refractivity contribution < 1.29 is 18.1 Å². The fourth-order valence-corrected chi connectivity index (χ4v) is 3.82. The fourth-order valence-electron chi connectivity index (χ4n) is 2.96. The van der Waals surface area contributed by atoms with Crippen LogP contribution in [-0.2, 0) is 14.6 Å². The number of likely N-dealkylation sites (tertiary alicyclic amines) is 1. The predicted octanol–water partition coefficient (Wildman–Crippen LogP) is 2.06. The van der Waals surface area contributed by atoms with Crippen LogP contribution < -0.4 is 5.32 Å². The summed E-state index contributed by atoms with van der Waals surface area (Å²) in [7, 11) is -3.71. The third kappa shape index (κ3) is 4.47. The number of sulfone groups is 1. The van der Waals surface area contributed by atoms with Crippen LogP contribution in [0, 0.1) is 16.0 Å². The topological polar surface area (TPSA) is 110 Å². The Labute approximate surface area is 147 Å². The van der Waals surface area contributed by atoms with E-state index in [0.717, 1.165) is 6.26 Å². The molecule has 1 fully saturated rings. The largest absolute Gasteiger partial charge is 0.377 e. The van der Waals surface area contributed by atoms with E-state index in [0.29, 0.717) is 25.9 Å². The number of hydrogen-bond donors (Lipinski definition) is 1. The molecule has 1 amide bonds. The summed E-state index contributed by atoms with van der Waals surface area (Å²) >= 11 is 0. The van der Waals surface area contributed by atoms with Crippen LogP contribution in [-0.4, -0.2) is 49.5 Å². The number of anilines is 1. The first-order valence-corrected chi connectivity index (χ1v) is 10.0. The van der Waals surface area contributed by atoms with Crippen LogP contribution in [0.1, 0.15) is 26.7 Å². The number of amides is 1. The monoisotopic (exact) mass is 369 g/mol. The van der Waals surface area contributed by atoms with Gasteiger partial charge in [0, 0.05) is 31.3 Å². The zero-order valence-corrected chi connectivity index (χ0v) is 15.4. The SMILES string of the molecule is CC(C)C(=O)N1CCC(Nc2cccc(S(C)(=O)=O)c2[N+](=O)[O-])CC1. The second kappa shape index (κ2) is 7.38. The summed E-state index contributed by atoms with van der Waals surface area (Å²) in [5.74, 6) is 0.0422. The van der Waals surface area contributed by atoms with E-state index in [9.17, 15) is 23.3 Å². The maximum absolute atomic E-state index is 12.0. The molecule has 1 N–H and O–H groups in total. The average molecular weight is 369 g/mol. The first kappa shape index (κ1) is 19.2. The van der Waals surface area contributed by atoms with Gasteiger partial charge in [0.15, 0.2) is 9.84 Å². The zero-order chi connectivity index (χ0) is 18.8. The van der Waals surface area contributed by atoms with Gasteiger partial charge in [-0.25, -0.2) is 8.42 Å². The van der Waals surface area contributed by atoms with Crippen molar-refractivity contribution in [2.24, 2.45) is 5.92 Å². The van der Waals surface area contributed by atoms with Crippen molar-refractivity contribution >= 4 is 27.1 Å². The molecule has 9 heteroatoms. The lowest BCUT2D eigenvalue weighted by atomic mass is 10.0. The number of carbonyl (C=O) groups is 1. The standard InChI is InChI=1S/C16H23N3O5S/c1-11(2)16(20)18-9-7-12(8-10-18)17-13-5-4-6-14(25(3,23)24)15(13)19(21)22/h4-6,11-12,17H,7-10H2,1-3H3. The van der Waals surface area contributed by atoms with Gasteiger partial charge < -0.3 is 10.2 Å². The maximum atomic E-state index is 12.0. The van der Waals surface area contributed by atoms with E-state index in [1.807, 2.05) is 13.8 Å². The number of rotatable bonds is 5. The lowest BCUT2D eigenvalue weighted by molar-refractivity contribution is -0.386. The van der Waals surface area contributed by atoms with E-state index in [4.69, 9.17) is 0 Å². The average Bonchev–Trinajstić information content (AvgIpc) is 2.53. The number of para-hydroxylation sites is 1. The molecule has 138 valence electrons. The first-order valence-electron chi connectivity index (χ1n) is 8.14. The van der Waals surface area contributed by atoms with Gasteiger partial charge in [0.1, 0.15) is 10.6 Å². The quantitative estimate of drug-likeness (QED) is 0.628. The summed E-state index contributed by atoms with van der Waals surface area (Å²) in [6, 6.07) is 4.19. The van der Waals surface area contributed by atoms with Crippen LogP contribution in [0.2, 0.25) is 0 Å². The second-order valence-electron chi connectivity index (χ2n) is 6.58. The summed E-state index contributed by atoms with van der Waals surface area (Å²) in [5.41, 5.74) is -0.229. The van der Waals surface area contributed by atoms with Crippen molar-refractivity contribution in [2.45, 2.75) is 37.6 Å². The summed E-state index contributed by atoms with van der Waals surface area (Å²) in [6.45, 7) is 4.86. The molecule has 0 bridgehead atoms. The molecule has 1 heterocycles. The molecule has 1 aliphatic rings. The van der Waals surface area contributed by atoms with Gasteiger partial charge in [-0.3, -0.25) is 14.9 Å². The molecule has 0 aliphatic carbocycles. The van der Waals surface area contributed by atoms with E-state index >= 15 is 0 Å². The Morgan fingerprint density at radius 1 is 1.32 bits per heavy atom. The fraction of sp³-hybridized carbons (Fsp3) is 0.562. The normalized spacial score (nSPS) is 16.1. The van der Waals surface area contributed by atoms with Gasteiger partial charge in [-0.2, -0.15) is 0 Å². The predicted molar refractivity (Wildman–Crippen MR) is 94.3 cm³/mol. The number of nitro benzene ring substituents is 1. The minimum absolute atomic E-state index is 0.0512. The number of benzene rings is 1. The number of hydrogen-bond acceptors (Lipinski definition) is 6. The van der Waals surface area contributed by atoms with Crippen molar-refractivity contribution in [3.63, 3.8) is 0 Å². The molecule has 0 atom stereocenters. The highest BCUT2D eigenvalue weighted by molar-refractivity contribution is 7.90. The van der Waals surface area contributed by atoms with Crippen LogP contribution in [0.4, 0.5) is 11.4 Å². The highest BCUT2D eigenvalue weighted by atomic mass is 32.2. The molecular formula is C16H23N3O5S. The van der Waals surface area contributed by atoms with Gasteiger partial charge >= 0.3 is 5.69 Å². The van der Waals surface area contributed by atoms with E-state index in [-0.39, 0.29) is 28.4 Å². The highest BCUT2D eigenvalue weighted by Gasteiger charge is 2.29. The Kier molecular flexibility index (Phi) is 5.66. The zero-order valence-electron chi connectivity index (χ0n) is 14.6. The summed E-state index contributed by atoms with van der Waals surface area (Å²) in [6.07, 6.45) is 2.26. The molecule has 1 aromatic rings. The molecule has 1 aromatic carbocycles. The lowest BCUT2D eigenvalue weighted by Gasteiger charge is -2.33. The van der Waals surface area contributed by atoms with Crippen molar-refractivity contribution in [1.29, 1.82) is 0 Å². The minimum atomic E-state index is -3.71. The molecule has 1 aliphatic heterocycles. The third-order valence-corrected chi connectivity index (χ3v) is 5.37. The lowest BCUT2D eigenvalue weighted by Crippen LogP contribution is -2.44. The maximum Gasteiger partial charge on any atom is 0.310 e. The number of nitrogens with one attached hydrogen (secondary N) is 1. The van der Waals surface area contributed by atoms with Crippen molar-refractivity contribution in [3.05, 3.63) is 28.3 Å². The molecule has 2 rings (SSSR count). The van der Waals surface area contributed by atoms with Crippen LogP contribution in [0.5, 0.6) is 0 Å². The molecule has 0 spiro atoms. The number of piperidine rings is 1. The molecule has 0 radical (unpaired) electrons. The van der Waals surface area contributed by atoms with Crippen molar-refractivity contribution in [2.75, 3.05) is 24.7 Å². The Hall–Kier alpha value is -2.16. The van der Waals surface area contributed by atoms with Crippen LogP contribution in [0.3, 0.4) is 0 Å². The molecule has 1 saturated heterocycles. The van der Waals surface area contributed by atoms with Gasteiger partial charge in [0.2, 0.25) is 5.91 Å². The van der Waals surface area contributed by atoms with Gasteiger partial charge in [0.25, 0.3) is 0 Å². The number of nitrogens with zero attached hydrogens (tertiary/aromatic N) is 2. The van der Waals surface area contributed by atoms with Crippen molar-refractivity contribution in [3.8, 4) is 0 Å². The molecule has 0 saturated carbocycles. The molecule has 25 heavy (non-hydrogen) atoms. The van der Waals surface area contributed by atoms with Gasteiger partial charge in [-0.1, -0.05) is 19.9 Å². The first-order chi connectivity index (χ1) is 11.6. The second-order valence-corrected chi connectivity index (χ2v) is 8.56. The van der Waals surface area contributed by atoms with E-state index in [1.54, 1.807) is 4.90 Å². The van der Waals surface area contributed by atoms with Crippen LogP contribution in [0.15, 0.2) is 23.1 Å². The molecule has 0 unspecified atom stereocenters. The Morgan fingerprint density at radius 3 is 2.40 bits per heavy atom. The third-order valence-electron chi connectivity index (χ3n) is 4.24. The Balaban J connectivity index is 2.17. The van der Waals surface area contributed by atoms with Gasteiger partial charge in [-0.15, -0.1) is 0 Å². The Bertz CT molecular complexity index is 768. The highest BCUT2D eigenvalue weighted by Crippen LogP contribution is 2.33.